The minimum absolute atomic E-state index is 0. The second kappa shape index (κ2) is 7.45. The molecule has 2 N–H and O–H groups in total. The minimum Gasteiger partial charge on any atom is -0.355 e. The number of piperidine rings is 1. The third kappa shape index (κ3) is 4.85. The van der Waals surface area contributed by atoms with E-state index in [0.717, 1.165) is 39.0 Å². The second-order valence-electron chi connectivity index (χ2n) is 7.11. The molecule has 6 heteroatoms. The Morgan fingerprint density at radius 1 is 1.29 bits per heavy atom. The first kappa shape index (κ1) is 18.2. The van der Waals surface area contributed by atoms with E-state index in [1.54, 1.807) is 0 Å². The van der Waals surface area contributed by atoms with Gasteiger partial charge in [-0.05, 0) is 18.8 Å². The van der Waals surface area contributed by atoms with Crippen LogP contribution < -0.4 is 10.6 Å². The van der Waals surface area contributed by atoms with E-state index >= 15 is 0 Å². The Hall–Kier alpha value is -0.810. The largest absolute Gasteiger partial charge is 0.355 e. The van der Waals surface area contributed by atoms with Gasteiger partial charge in [0.15, 0.2) is 0 Å². The van der Waals surface area contributed by atoms with Crippen molar-refractivity contribution in [2.75, 3.05) is 32.7 Å². The van der Waals surface area contributed by atoms with Gasteiger partial charge in [-0.1, -0.05) is 20.8 Å². The molecule has 5 nitrogen and oxygen atoms in total. The van der Waals surface area contributed by atoms with Crippen LogP contribution in [0.25, 0.3) is 0 Å². The number of carbonyl (C=O) groups excluding carboxylic acids is 2. The Kier molecular flexibility index (Phi) is 6.47. The van der Waals surface area contributed by atoms with Crippen LogP contribution in [-0.4, -0.2) is 49.4 Å². The topological polar surface area (TPSA) is 61.4 Å². The Bertz CT molecular complexity index is 378. The summed E-state index contributed by atoms with van der Waals surface area (Å²) in [6.45, 7) is 9.75. The molecule has 0 bridgehead atoms. The monoisotopic (exact) mass is 317 g/mol. The molecule has 2 heterocycles. The van der Waals surface area contributed by atoms with Gasteiger partial charge in [0.2, 0.25) is 11.8 Å². The van der Waals surface area contributed by atoms with Gasteiger partial charge in [0, 0.05) is 38.1 Å². The van der Waals surface area contributed by atoms with Crippen molar-refractivity contribution in [3.8, 4) is 0 Å². The molecule has 1 unspecified atom stereocenters. The van der Waals surface area contributed by atoms with E-state index < -0.39 is 0 Å². The van der Waals surface area contributed by atoms with Crippen molar-refractivity contribution in [3.63, 3.8) is 0 Å². The Morgan fingerprint density at radius 3 is 2.48 bits per heavy atom. The molecule has 0 aromatic rings. The molecule has 122 valence electrons. The van der Waals surface area contributed by atoms with Crippen molar-refractivity contribution < 1.29 is 9.59 Å². The standard InChI is InChI=1S/C15H27N3O2.ClH/c1-15(2,3)14(20)17-7-11-5-4-6-18(10-11)13(19)12-8-16-9-12;/h11-12,16H,4-10H2,1-3H3,(H,17,20);1H. The quantitative estimate of drug-likeness (QED) is 0.817. The fraction of sp³-hybridized carbons (Fsp3) is 0.867. The zero-order valence-electron chi connectivity index (χ0n) is 13.3. The van der Waals surface area contributed by atoms with Crippen LogP contribution in [-0.2, 0) is 9.59 Å². The number of rotatable bonds is 3. The van der Waals surface area contributed by atoms with Crippen LogP contribution in [0.4, 0.5) is 0 Å². The number of halogens is 1. The lowest BCUT2D eigenvalue weighted by molar-refractivity contribution is -0.138. The van der Waals surface area contributed by atoms with Gasteiger partial charge >= 0.3 is 0 Å². The van der Waals surface area contributed by atoms with Crippen molar-refractivity contribution >= 4 is 24.2 Å². The van der Waals surface area contributed by atoms with Crippen LogP contribution in [0.1, 0.15) is 33.6 Å². The highest BCUT2D eigenvalue weighted by Crippen LogP contribution is 2.20. The lowest BCUT2D eigenvalue weighted by Gasteiger charge is -2.37. The number of nitrogens with zero attached hydrogens (tertiary/aromatic N) is 1. The number of carbonyl (C=O) groups is 2. The highest BCUT2D eigenvalue weighted by atomic mass is 35.5. The van der Waals surface area contributed by atoms with Crippen molar-refractivity contribution in [2.45, 2.75) is 33.6 Å². The molecular weight excluding hydrogens is 290 g/mol. The maximum absolute atomic E-state index is 12.2. The first-order chi connectivity index (χ1) is 9.38. The molecule has 0 radical (unpaired) electrons. The van der Waals surface area contributed by atoms with Crippen LogP contribution in [0.3, 0.4) is 0 Å². The Labute approximate surface area is 133 Å². The maximum Gasteiger partial charge on any atom is 0.228 e. The predicted octanol–water partition coefficient (Wildman–Crippen LogP) is 1.03. The van der Waals surface area contributed by atoms with E-state index in [4.69, 9.17) is 0 Å². The number of hydrogen-bond donors (Lipinski definition) is 2. The number of nitrogens with one attached hydrogen (secondary N) is 2. The van der Waals surface area contributed by atoms with E-state index in [1.165, 1.54) is 0 Å². The fourth-order valence-electron chi connectivity index (χ4n) is 2.66. The lowest BCUT2D eigenvalue weighted by atomic mass is 9.93. The third-order valence-electron chi connectivity index (χ3n) is 4.19. The van der Waals surface area contributed by atoms with Crippen molar-refractivity contribution in [1.82, 2.24) is 15.5 Å². The first-order valence-electron chi connectivity index (χ1n) is 7.65. The molecule has 0 aliphatic carbocycles. The predicted molar refractivity (Wildman–Crippen MR) is 85.4 cm³/mol. The molecule has 2 aliphatic rings. The molecule has 0 aromatic heterocycles. The zero-order chi connectivity index (χ0) is 14.8. The zero-order valence-corrected chi connectivity index (χ0v) is 14.1. The summed E-state index contributed by atoms with van der Waals surface area (Å²) in [6.07, 6.45) is 2.14. The van der Waals surface area contributed by atoms with E-state index in [2.05, 4.69) is 10.6 Å². The van der Waals surface area contributed by atoms with Crippen LogP contribution in [0.5, 0.6) is 0 Å². The summed E-state index contributed by atoms with van der Waals surface area (Å²) in [6, 6.07) is 0. The van der Waals surface area contributed by atoms with Gasteiger partial charge in [-0.2, -0.15) is 0 Å². The smallest absolute Gasteiger partial charge is 0.228 e. The summed E-state index contributed by atoms with van der Waals surface area (Å²) >= 11 is 0. The molecule has 0 spiro atoms. The number of hydrogen-bond acceptors (Lipinski definition) is 3. The fourth-order valence-corrected chi connectivity index (χ4v) is 2.66. The number of amides is 2. The van der Waals surface area contributed by atoms with Gasteiger partial charge in [-0.25, -0.2) is 0 Å². The van der Waals surface area contributed by atoms with Crippen LogP contribution in [0.2, 0.25) is 0 Å². The summed E-state index contributed by atoms with van der Waals surface area (Å²) in [5.74, 6) is 0.949. The molecule has 0 saturated carbocycles. The number of likely N-dealkylation sites (tertiary alicyclic amines) is 1. The van der Waals surface area contributed by atoms with Crippen LogP contribution in [0.15, 0.2) is 0 Å². The van der Waals surface area contributed by atoms with Gasteiger partial charge in [0.05, 0.1) is 5.92 Å². The molecule has 2 amide bonds. The molecule has 2 fully saturated rings. The summed E-state index contributed by atoms with van der Waals surface area (Å²) in [5.41, 5.74) is -0.345. The van der Waals surface area contributed by atoms with Gasteiger partial charge in [0.25, 0.3) is 0 Å². The van der Waals surface area contributed by atoms with Gasteiger partial charge in [0.1, 0.15) is 0 Å². The summed E-state index contributed by atoms with van der Waals surface area (Å²) in [4.78, 5) is 26.1. The van der Waals surface area contributed by atoms with E-state index in [0.29, 0.717) is 12.5 Å². The Morgan fingerprint density at radius 2 is 1.95 bits per heavy atom. The maximum atomic E-state index is 12.2. The highest BCUT2D eigenvalue weighted by Gasteiger charge is 2.32. The molecular formula is C15H28ClN3O2. The molecule has 21 heavy (non-hydrogen) atoms. The highest BCUT2D eigenvalue weighted by molar-refractivity contribution is 5.85. The van der Waals surface area contributed by atoms with Crippen LogP contribution in [0, 0.1) is 17.3 Å². The molecule has 1 atom stereocenters. The third-order valence-corrected chi connectivity index (χ3v) is 4.19. The molecule has 0 aromatic carbocycles. The lowest BCUT2D eigenvalue weighted by Crippen LogP contribution is -2.54. The molecule has 2 saturated heterocycles. The average molecular weight is 318 g/mol. The van der Waals surface area contributed by atoms with Gasteiger partial charge in [-0.3, -0.25) is 9.59 Å². The van der Waals surface area contributed by atoms with Gasteiger partial charge in [-0.15, -0.1) is 12.4 Å². The van der Waals surface area contributed by atoms with Crippen molar-refractivity contribution in [1.29, 1.82) is 0 Å². The first-order valence-corrected chi connectivity index (χ1v) is 7.65. The van der Waals surface area contributed by atoms with Gasteiger partial charge < -0.3 is 15.5 Å². The Balaban J connectivity index is 0.00000220. The van der Waals surface area contributed by atoms with Crippen molar-refractivity contribution in [2.24, 2.45) is 17.3 Å². The average Bonchev–Trinajstić information content (AvgIpc) is 2.33. The minimum atomic E-state index is -0.345. The second-order valence-corrected chi connectivity index (χ2v) is 7.11. The van der Waals surface area contributed by atoms with E-state index in [-0.39, 0.29) is 35.6 Å². The summed E-state index contributed by atoms with van der Waals surface area (Å²) < 4.78 is 0. The van der Waals surface area contributed by atoms with Crippen LogP contribution >= 0.6 is 12.4 Å². The summed E-state index contributed by atoms with van der Waals surface area (Å²) in [5, 5.41) is 6.16. The normalized spacial score (nSPS) is 23.0. The van der Waals surface area contributed by atoms with E-state index in [9.17, 15) is 9.59 Å². The van der Waals surface area contributed by atoms with Crippen molar-refractivity contribution in [3.05, 3.63) is 0 Å². The van der Waals surface area contributed by atoms with E-state index in [1.807, 2.05) is 25.7 Å². The molecule has 2 rings (SSSR count). The SMILES string of the molecule is CC(C)(C)C(=O)NCC1CCCN(C(=O)C2CNC2)C1.Cl. The summed E-state index contributed by atoms with van der Waals surface area (Å²) in [7, 11) is 0. The molecule has 2 aliphatic heterocycles.